The maximum atomic E-state index is 12.0. The maximum absolute atomic E-state index is 12.0. The Bertz CT molecular complexity index is 898. The summed E-state index contributed by atoms with van der Waals surface area (Å²) in [6.45, 7) is 4.45. The highest BCUT2D eigenvalue weighted by Gasteiger charge is 2.08. The third-order valence-electron chi connectivity index (χ3n) is 4.53. The number of aryl methyl sites for hydroxylation is 1. The van der Waals surface area contributed by atoms with Gasteiger partial charge in [0.05, 0.1) is 4.90 Å². The van der Waals surface area contributed by atoms with Gasteiger partial charge in [0.15, 0.2) is 0 Å². The average Bonchev–Trinajstić information content (AvgIpc) is 2.67. The Balaban J connectivity index is 1.61. The summed E-state index contributed by atoms with van der Waals surface area (Å²) in [6.07, 6.45) is 1.03. The first-order chi connectivity index (χ1) is 13.8. The first-order valence-electron chi connectivity index (χ1n) is 9.51. The Labute approximate surface area is 172 Å². The number of para-hydroxylation sites is 1. The van der Waals surface area contributed by atoms with Crippen molar-refractivity contribution in [2.24, 2.45) is 5.14 Å². The number of carbonyl (C=O) groups excluding carboxylic acids is 1. The number of hydrogen-bond donors (Lipinski definition) is 2. The Kier molecular flexibility index (Phi) is 8.63. The molecule has 0 aliphatic rings. The minimum Gasteiger partial charge on any atom is -0.492 e. The van der Waals surface area contributed by atoms with Gasteiger partial charge in [0.2, 0.25) is 15.9 Å². The van der Waals surface area contributed by atoms with Crippen LogP contribution >= 0.6 is 0 Å². The highest BCUT2D eigenvalue weighted by atomic mass is 32.2. The molecule has 0 saturated heterocycles. The van der Waals surface area contributed by atoms with E-state index in [9.17, 15) is 13.2 Å². The average molecular weight is 420 g/mol. The van der Waals surface area contributed by atoms with Crippen molar-refractivity contribution in [2.75, 3.05) is 33.3 Å². The number of primary sulfonamides is 1. The molecule has 0 fully saturated rings. The van der Waals surface area contributed by atoms with Crippen LogP contribution in [0.1, 0.15) is 17.5 Å². The van der Waals surface area contributed by atoms with Crippen LogP contribution in [0.3, 0.4) is 0 Å². The summed E-state index contributed by atoms with van der Waals surface area (Å²) in [5.41, 5.74) is 2.04. The number of sulfonamides is 1. The molecule has 0 spiro atoms. The summed E-state index contributed by atoms with van der Waals surface area (Å²) in [7, 11) is -1.72. The molecule has 158 valence electrons. The van der Waals surface area contributed by atoms with Crippen LogP contribution in [-0.2, 0) is 21.2 Å². The molecule has 1 amide bonds. The number of nitrogens with two attached hydrogens (primary N) is 1. The van der Waals surface area contributed by atoms with Gasteiger partial charge in [-0.05, 0) is 49.7 Å². The molecule has 2 rings (SSSR count). The van der Waals surface area contributed by atoms with Crippen molar-refractivity contribution in [1.29, 1.82) is 0 Å². The number of benzene rings is 2. The van der Waals surface area contributed by atoms with E-state index in [2.05, 4.69) is 10.2 Å². The van der Waals surface area contributed by atoms with Crippen molar-refractivity contribution >= 4 is 15.9 Å². The Morgan fingerprint density at radius 1 is 1.10 bits per heavy atom. The minimum atomic E-state index is -3.68. The lowest BCUT2D eigenvalue weighted by Crippen LogP contribution is -2.31. The summed E-state index contributed by atoms with van der Waals surface area (Å²) < 4.78 is 28.2. The smallest absolute Gasteiger partial charge is 0.238 e. The molecule has 7 nitrogen and oxygen atoms in total. The molecule has 0 heterocycles. The first kappa shape index (κ1) is 22.9. The van der Waals surface area contributed by atoms with E-state index in [1.807, 2.05) is 38.2 Å². The number of amides is 1. The van der Waals surface area contributed by atoms with E-state index in [0.29, 0.717) is 32.5 Å². The van der Waals surface area contributed by atoms with E-state index < -0.39 is 10.0 Å². The van der Waals surface area contributed by atoms with Crippen LogP contribution in [0, 0.1) is 6.92 Å². The highest BCUT2D eigenvalue weighted by Crippen LogP contribution is 2.15. The molecule has 29 heavy (non-hydrogen) atoms. The number of likely N-dealkylation sites (N-methyl/N-ethyl adjacent to an activating group) is 1. The van der Waals surface area contributed by atoms with Crippen molar-refractivity contribution in [2.45, 2.75) is 24.7 Å². The summed E-state index contributed by atoms with van der Waals surface area (Å²) >= 11 is 0. The fourth-order valence-corrected chi connectivity index (χ4v) is 3.23. The van der Waals surface area contributed by atoms with Gasteiger partial charge in [-0.2, -0.15) is 0 Å². The third kappa shape index (κ3) is 8.23. The van der Waals surface area contributed by atoms with E-state index in [1.54, 1.807) is 12.1 Å². The summed E-state index contributed by atoms with van der Waals surface area (Å²) in [6, 6.07) is 14.2. The van der Waals surface area contributed by atoms with Gasteiger partial charge in [-0.15, -0.1) is 0 Å². The van der Waals surface area contributed by atoms with Gasteiger partial charge in [-0.1, -0.05) is 30.3 Å². The Morgan fingerprint density at radius 3 is 2.45 bits per heavy atom. The second kappa shape index (κ2) is 10.9. The van der Waals surface area contributed by atoms with Gasteiger partial charge in [0.25, 0.3) is 0 Å². The third-order valence-corrected chi connectivity index (χ3v) is 5.46. The summed E-state index contributed by atoms with van der Waals surface area (Å²) in [5.74, 6) is 0.869. The molecule has 0 saturated carbocycles. The lowest BCUT2D eigenvalue weighted by Gasteiger charge is -2.17. The van der Waals surface area contributed by atoms with Crippen molar-refractivity contribution in [3.8, 4) is 5.75 Å². The van der Waals surface area contributed by atoms with E-state index >= 15 is 0 Å². The molecule has 3 N–H and O–H groups in total. The van der Waals surface area contributed by atoms with Gasteiger partial charge >= 0.3 is 0 Å². The van der Waals surface area contributed by atoms with Crippen molar-refractivity contribution in [1.82, 2.24) is 10.2 Å². The molecule has 0 aromatic heterocycles. The topological polar surface area (TPSA) is 102 Å². The maximum Gasteiger partial charge on any atom is 0.238 e. The van der Waals surface area contributed by atoms with Gasteiger partial charge < -0.3 is 15.0 Å². The number of hydrogen-bond acceptors (Lipinski definition) is 5. The van der Waals surface area contributed by atoms with Crippen molar-refractivity contribution in [3.63, 3.8) is 0 Å². The standard InChI is InChI=1S/C21H29N3O4S/c1-17-5-3-4-6-20(17)28-16-15-24(2)14-12-21(25)23-13-11-18-7-9-19(10-8-18)29(22,26)27/h3-10H,11-16H2,1-2H3,(H,23,25)(H2,22,26,27). The molecule has 0 aliphatic carbocycles. The molecule has 0 unspecified atom stereocenters. The quantitative estimate of drug-likeness (QED) is 0.577. The Morgan fingerprint density at radius 2 is 1.79 bits per heavy atom. The minimum absolute atomic E-state index is 0.0159. The van der Waals surface area contributed by atoms with Gasteiger partial charge in [-0.25, -0.2) is 13.6 Å². The summed E-state index contributed by atoms with van der Waals surface area (Å²) in [4.78, 5) is 14.1. The molecule has 0 bridgehead atoms. The molecule has 8 heteroatoms. The SMILES string of the molecule is Cc1ccccc1OCCN(C)CCC(=O)NCCc1ccc(S(N)(=O)=O)cc1. The normalized spacial score (nSPS) is 11.4. The second-order valence-corrected chi connectivity index (χ2v) is 8.52. The molecule has 0 atom stereocenters. The fraction of sp³-hybridized carbons (Fsp3) is 0.381. The van der Waals surface area contributed by atoms with E-state index in [-0.39, 0.29) is 10.8 Å². The zero-order valence-corrected chi connectivity index (χ0v) is 17.7. The molecule has 2 aromatic carbocycles. The van der Waals surface area contributed by atoms with Crippen LogP contribution in [0.2, 0.25) is 0 Å². The Hall–Kier alpha value is -2.42. The predicted octanol–water partition coefficient (Wildman–Crippen LogP) is 1.70. The highest BCUT2D eigenvalue weighted by molar-refractivity contribution is 7.89. The largest absolute Gasteiger partial charge is 0.492 e. The number of carbonyl (C=O) groups is 1. The van der Waals surface area contributed by atoms with Crippen molar-refractivity contribution < 1.29 is 17.9 Å². The number of rotatable bonds is 11. The van der Waals surface area contributed by atoms with Crippen LogP contribution in [-0.4, -0.2) is 52.5 Å². The molecular weight excluding hydrogens is 390 g/mol. The van der Waals surface area contributed by atoms with E-state index in [1.165, 1.54) is 12.1 Å². The zero-order valence-electron chi connectivity index (χ0n) is 16.9. The lowest BCUT2D eigenvalue weighted by atomic mass is 10.1. The summed E-state index contributed by atoms with van der Waals surface area (Å²) in [5, 5.41) is 7.96. The van der Waals surface area contributed by atoms with Gasteiger partial charge in [0.1, 0.15) is 12.4 Å². The number of ether oxygens (including phenoxy) is 1. The van der Waals surface area contributed by atoms with E-state index in [4.69, 9.17) is 9.88 Å². The molecule has 2 aromatic rings. The second-order valence-electron chi connectivity index (χ2n) is 6.96. The van der Waals surface area contributed by atoms with Crippen LogP contribution in [0.4, 0.5) is 0 Å². The van der Waals surface area contributed by atoms with Crippen LogP contribution < -0.4 is 15.2 Å². The zero-order chi connectivity index (χ0) is 21.3. The number of nitrogens with one attached hydrogen (secondary N) is 1. The van der Waals surface area contributed by atoms with Crippen LogP contribution in [0.25, 0.3) is 0 Å². The van der Waals surface area contributed by atoms with E-state index in [0.717, 1.165) is 23.4 Å². The fourth-order valence-electron chi connectivity index (χ4n) is 2.71. The van der Waals surface area contributed by atoms with Crippen LogP contribution in [0.5, 0.6) is 5.75 Å². The van der Waals surface area contributed by atoms with Gasteiger partial charge in [-0.3, -0.25) is 4.79 Å². The molecule has 0 radical (unpaired) electrons. The monoisotopic (exact) mass is 419 g/mol. The van der Waals surface area contributed by atoms with Crippen molar-refractivity contribution in [3.05, 3.63) is 59.7 Å². The molecular formula is C21H29N3O4S. The predicted molar refractivity (Wildman–Crippen MR) is 113 cm³/mol. The first-order valence-corrected chi connectivity index (χ1v) is 11.1. The number of nitrogens with zero attached hydrogens (tertiary/aromatic N) is 1. The molecule has 0 aliphatic heterocycles. The van der Waals surface area contributed by atoms with Crippen LogP contribution in [0.15, 0.2) is 53.4 Å². The lowest BCUT2D eigenvalue weighted by molar-refractivity contribution is -0.121. The van der Waals surface area contributed by atoms with Gasteiger partial charge in [0, 0.05) is 26.1 Å².